The Balaban J connectivity index is 4.81. The van der Waals surface area contributed by atoms with Crippen molar-refractivity contribution in [1.82, 2.24) is 0 Å². The molecule has 6 nitrogen and oxygen atoms in total. The zero-order valence-electron chi connectivity index (χ0n) is 9.06. The van der Waals surface area contributed by atoms with Crippen molar-refractivity contribution in [3.8, 4) is 0 Å². The molecule has 0 aliphatic heterocycles. The number of nitro groups is 1. The molecular weight excluding hydrogens is 202 g/mol. The van der Waals surface area contributed by atoms with E-state index in [0.717, 1.165) is 0 Å². The molecule has 0 aromatic carbocycles. The quantitative estimate of drug-likeness (QED) is 0.284. The first-order chi connectivity index (χ1) is 6.88. The molecule has 0 aromatic heterocycles. The number of nitrogens with zero attached hydrogens (tertiary/aromatic N) is 1. The largest absolute Gasteiger partial charge is 0.461 e. The third kappa shape index (κ3) is 3.30. The minimum absolute atomic E-state index is 0.0811. The number of carbonyl (C=O) groups is 2. The van der Waals surface area contributed by atoms with Crippen LogP contribution in [0.4, 0.5) is 0 Å². The molecule has 2 atom stereocenters. The monoisotopic (exact) mass is 217 g/mol. The topological polar surface area (TPSA) is 86.5 Å². The summed E-state index contributed by atoms with van der Waals surface area (Å²) in [5.41, 5.74) is -1.84. The Morgan fingerprint density at radius 3 is 2.53 bits per heavy atom. The van der Waals surface area contributed by atoms with Crippen LogP contribution in [0.2, 0.25) is 0 Å². The smallest absolute Gasteiger partial charge is 0.384 e. The summed E-state index contributed by atoms with van der Waals surface area (Å²) in [5, 5.41) is 10.8. The van der Waals surface area contributed by atoms with E-state index in [9.17, 15) is 19.7 Å². The van der Waals surface area contributed by atoms with Gasteiger partial charge < -0.3 is 9.53 Å². The zero-order chi connectivity index (χ0) is 12.1. The standard InChI is InChI=1S/C9H15NO5/c1-4-15-8(12)9(3,10(13)14)5-7(2)6-11/h6-7H,4-5H2,1-3H3/t7-,9-/m0/s1. The zero-order valence-corrected chi connectivity index (χ0v) is 9.06. The van der Waals surface area contributed by atoms with Crippen molar-refractivity contribution in [3.63, 3.8) is 0 Å². The molecule has 0 aromatic rings. The predicted octanol–water partition coefficient (Wildman–Crippen LogP) is 0.810. The molecule has 0 amide bonds. The van der Waals surface area contributed by atoms with Gasteiger partial charge in [-0.2, -0.15) is 0 Å². The normalized spacial score (nSPS) is 16.2. The first kappa shape index (κ1) is 13.5. The fraction of sp³-hybridized carbons (Fsp3) is 0.778. The maximum absolute atomic E-state index is 11.4. The van der Waals surface area contributed by atoms with Crippen LogP contribution in [0.1, 0.15) is 27.2 Å². The van der Waals surface area contributed by atoms with Crippen LogP contribution in [0.25, 0.3) is 0 Å². The Labute approximate surface area is 87.7 Å². The molecule has 0 aliphatic carbocycles. The molecule has 0 radical (unpaired) electrons. The highest BCUT2D eigenvalue weighted by Crippen LogP contribution is 2.21. The van der Waals surface area contributed by atoms with Crippen LogP contribution in [-0.2, 0) is 14.3 Å². The second-order valence-electron chi connectivity index (χ2n) is 3.57. The van der Waals surface area contributed by atoms with Gasteiger partial charge in [-0.3, -0.25) is 10.1 Å². The number of rotatable bonds is 6. The van der Waals surface area contributed by atoms with E-state index in [2.05, 4.69) is 4.74 Å². The molecule has 6 heteroatoms. The van der Waals surface area contributed by atoms with Crippen LogP contribution >= 0.6 is 0 Å². The molecule has 0 heterocycles. The molecule has 0 unspecified atom stereocenters. The third-order valence-electron chi connectivity index (χ3n) is 2.07. The Bertz CT molecular complexity index is 265. The first-order valence-corrected chi connectivity index (χ1v) is 4.65. The number of ether oxygens (including phenoxy) is 1. The Kier molecular flexibility index (Phi) is 4.90. The van der Waals surface area contributed by atoms with Gasteiger partial charge in [-0.15, -0.1) is 0 Å². The fourth-order valence-corrected chi connectivity index (χ4v) is 1.19. The summed E-state index contributed by atoms with van der Waals surface area (Å²) in [7, 11) is 0. The van der Waals surface area contributed by atoms with Crippen LogP contribution in [-0.4, -0.2) is 29.3 Å². The van der Waals surface area contributed by atoms with E-state index in [-0.39, 0.29) is 13.0 Å². The molecule has 0 spiro atoms. The van der Waals surface area contributed by atoms with Gasteiger partial charge in [0, 0.05) is 24.2 Å². The molecule has 86 valence electrons. The van der Waals surface area contributed by atoms with Crippen LogP contribution < -0.4 is 0 Å². The van der Waals surface area contributed by atoms with Crippen molar-refractivity contribution >= 4 is 12.3 Å². The lowest BCUT2D eigenvalue weighted by Crippen LogP contribution is -2.46. The van der Waals surface area contributed by atoms with Crippen LogP contribution in [0.3, 0.4) is 0 Å². The summed E-state index contributed by atoms with van der Waals surface area (Å²) in [4.78, 5) is 31.9. The molecule has 0 fully saturated rings. The van der Waals surface area contributed by atoms with Gasteiger partial charge in [-0.05, 0) is 6.92 Å². The highest BCUT2D eigenvalue weighted by Gasteiger charge is 2.48. The maximum Gasteiger partial charge on any atom is 0.384 e. The third-order valence-corrected chi connectivity index (χ3v) is 2.07. The van der Waals surface area contributed by atoms with Crippen LogP contribution in [0.15, 0.2) is 0 Å². The van der Waals surface area contributed by atoms with E-state index in [1.54, 1.807) is 6.92 Å². The van der Waals surface area contributed by atoms with Crippen molar-refractivity contribution in [1.29, 1.82) is 0 Å². The number of carbonyl (C=O) groups excluding carboxylic acids is 2. The van der Waals surface area contributed by atoms with Gasteiger partial charge in [0.25, 0.3) is 0 Å². The van der Waals surface area contributed by atoms with Crippen LogP contribution in [0, 0.1) is 16.0 Å². The van der Waals surface area contributed by atoms with E-state index in [1.807, 2.05) is 0 Å². The van der Waals surface area contributed by atoms with Crippen molar-refractivity contribution in [2.24, 2.45) is 5.92 Å². The predicted molar refractivity (Wildman–Crippen MR) is 51.9 cm³/mol. The highest BCUT2D eigenvalue weighted by molar-refractivity contribution is 5.79. The van der Waals surface area contributed by atoms with E-state index >= 15 is 0 Å². The van der Waals surface area contributed by atoms with Gasteiger partial charge in [0.2, 0.25) is 0 Å². The average Bonchev–Trinajstić information content (AvgIpc) is 2.17. The number of esters is 1. The van der Waals surface area contributed by atoms with Crippen LogP contribution in [0.5, 0.6) is 0 Å². The molecule has 0 saturated heterocycles. The van der Waals surface area contributed by atoms with E-state index in [1.165, 1.54) is 13.8 Å². The summed E-state index contributed by atoms with van der Waals surface area (Å²) in [6.45, 7) is 4.35. The van der Waals surface area contributed by atoms with E-state index in [4.69, 9.17) is 0 Å². The summed E-state index contributed by atoms with van der Waals surface area (Å²) in [5.74, 6) is -1.45. The van der Waals surface area contributed by atoms with Crippen molar-refractivity contribution in [2.75, 3.05) is 6.61 Å². The molecule has 0 N–H and O–H groups in total. The van der Waals surface area contributed by atoms with Gasteiger partial charge in [-0.1, -0.05) is 6.92 Å². The van der Waals surface area contributed by atoms with Gasteiger partial charge in [0.1, 0.15) is 6.29 Å². The van der Waals surface area contributed by atoms with Crippen molar-refractivity contribution < 1.29 is 19.2 Å². The van der Waals surface area contributed by atoms with E-state index < -0.39 is 22.3 Å². The SMILES string of the molecule is CCOC(=O)[C@](C)(C[C@H](C)C=O)[N+](=O)[O-]. The van der Waals surface area contributed by atoms with Gasteiger partial charge >= 0.3 is 11.5 Å². The minimum atomic E-state index is -1.84. The Morgan fingerprint density at radius 2 is 2.20 bits per heavy atom. The second kappa shape index (κ2) is 5.43. The minimum Gasteiger partial charge on any atom is -0.461 e. The second-order valence-corrected chi connectivity index (χ2v) is 3.57. The molecular formula is C9H15NO5. The summed E-state index contributed by atoms with van der Waals surface area (Å²) in [6, 6.07) is 0. The molecule has 0 rings (SSSR count). The lowest BCUT2D eigenvalue weighted by molar-refractivity contribution is -0.552. The maximum atomic E-state index is 11.4. The summed E-state index contributed by atoms with van der Waals surface area (Å²) < 4.78 is 4.62. The van der Waals surface area contributed by atoms with Crippen molar-refractivity contribution in [3.05, 3.63) is 10.1 Å². The Morgan fingerprint density at radius 1 is 1.67 bits per heavy atom. The molecule has 0 saturated carbocycles. The van der Waals surface area contributed by atoms with Gasteiger partial charge in [0.05, 0.1) is 6.61 Å². The summed E-state index contributed by atoms with van der Waals surface area (Å²) in [6.07, 6.45) is 0.434. The van der Waals surface area contributed by atoms with E-state index in [0.29, 0.717) is 6.29 Å². The average molecular weight is 217 g/mol. The molecule has 0 aliphatic rings. The molecule has 0 bridgehead atoms. The molecule has 15 heavy (non-hydrogen) atoms. The Hall–Kier alpha value is -1.46. The fourth-order valence-electron chi connectivity index (χ4n) is 1.19. The first-order valence-electron chi connectivity index (χ1n) is 4.65. The lowest BCUT2D eigenvalue weighted by atomic mass is 9.91. The van der Waals surface area contributed by atoms with Gasteiger partial charge in [-0.25, -0.2) is 4.79 Å². The number of hydrogen-bond donors (Lipinski definition) is 0. The summed E-state index contributed by atoms with van der Waals surface area (Å²) >= 11 is 0. The van der Waals surface area contributed by atoms with Gasteiger partial charge in [0.15, 0.2) is 0 Å². The van der Waals surface area contributed by atoms with Crippen molar-refractivity contribution in [2.45, 2.75) is 32.7 Å². The number of aldehydes is 1. The number of hydrogen-bond acceptors (Lipinski definition) is 5. The lowest BCUT2D eigenvalue weighted by Gasteiger charge is -2.19. The highest BCUT2D eigenvalue weighted by atomic mass is 16.6.